The molecule has 1 saturated heterocycles. The summed E-state index contributed by atoms with van der Waals surface area (Å²) < 4.78 is 24.7. The summed E-state index contributed by atoms with van der Waals surface area (Å²) in [5.74, 6) is 0.0758. The van der Waals surface area contributed by atoms with Gasteiger partial charge in [-0.15, -0.1) is 12.4 Å². The second-order valence-electron chi connectivity index (χ2n) is 4.57. The zero-order valence-corrected chi connectivity index (χ0v) is 12.2. The molecule has 0 aromatic rings. The highest BCUT2D eigenvalue weighted by molar-refractivity contribution is 5.85. The molecule has 0 aromatic carbocycles. The van der Waals surface area contributed by atoms with E-state index in [9.17, 15) is 13.6 Å². The summed E-state index contributed by atoms with van der Waals surface area (Å²) >= 11 is 0. The van der Waals surface area contributed by atoms with E-state index in [1.807, 2.05) is 11.8 Å². The highest BCUT2D eigenvalue weighted by Crippen LogP contribution is 2.03. The molecule has 4 nitrogen and oxygen atoms in total. The Kier molecular flexibility index (Phi) is 10.1. The van der Waals surface area contributed by atoms with Gasteiger partial charge in [-0.2, -0.15) is 0 Å². The van der Waals surface area contributed by atoms with Gasteiger partial charge in [0.1, 0.15) is 0 Å². The molecule has 1 aliphatic heterocycles. The Morgan fingerprint density at radius 1 is 1.32 bits per heavy atom. The Hall–Kier alpha value is -0.460. The van der Waals surface area contributed by atoms with E-state index in [0.29, 0.717) is 19.5 Å². The molecule has 7 heteroatoms. The van der Waals surface area contributed by atoms with Crippen LogP contribution in [-0.4, -0.2) is 67.9 Å². The molecule has 1 heterocycles. The van der Waals surface area contributed by atoms with Gasteiger partial charge in [0.25, 0.3) is 6.43 Å². The molecule has 1 aliphatic rings. The van der Waals surface area contributed by atoms with Gasteiger partial charge in [-0.3, -0.25) is 9.69 Å². The summed E-state index contributed by atoms with van der Waals surface area (Å²) in [4.78, 5) is 15.4. The van der Waals surface area contributed by atoms with E-state index in [1.165, 1.54) is 0 Å². The van der Waals surface area contributed by atoms with Crippen LogP contribution in [0.1, 0.15) is 19.8 Å². The average molecular weight is 300 g/mol. The van der Waals surface area contributed by atoms with Gasteiger partial charge in [-0.1, -0.05) is 6.92 Å². The molecule has 0 spiro atoms. The second-order valence-corrected chi connectivity index (χ2v) is 4.57. The predicted molar refractivity (Wildman–Crippen MR) is 74.0 cm³/mol. The van der Waals surface area contributed by atoms with Gasteiger partial charge in [0.05, 0.1) is 6.54 Å². The smallest absolute Gasteiger partial charge is 0.251 e. The molecule has 1 N–H and O–H groups in total. The molecule has 1 fully saturated rings. The molecule has 0 saturated carbocycles. The van der Waals surface area contributed by atoms with Gasteiger partial charge in [0.15, 0.2) is 0 Å². The number of carbonyl (C=O) groups excluding carboxylic acids is 1. The number of carbonyl (C=O) groups is 1. The zero-order valence-electron chi connectivity index (χ0n) is 11.4. The van der Waals surface area contributed by atoms with Crippen LogP contribution in [0, 0.1) is 0 Å². The molecular weight excluding hydrogens is 276 g/mol. The fourth-order valence-corrected chi connectivity index (χ4v) is 2.13. The summed E-state index contributed by atoms with van der Waals surface area (Å²) in [7, 11) is 0. The maximum atomic E-state index is 12.3. The van der Waals surface area contributed by atoms with Crippen LogP contribution >= 0.6 is 12.4 Å². The van der Waals surface area contributed by atoms with Gasteiger partial charge in [0.2, 0.25) is 5.91 Å². The van der Waals surface area contributed by atoms with Crippen molar-refractivity contribution in [3.8, 4) is 0 Å². The van der Waals surface area contributed by atoms with Gasteiger partial charge in [-0.05, 0) is 13.0 Å². The molecule has 0 atom stereocenters. The topological polar surface area (TPSA) is 35.6 Å². The summed E-state index contributed by atoms with van der Waals surface area (Å²) in [5.41, 5.74) is 0. The average Bonchev–Trinajstić information content (AvgIpc) is 2.36. The lowest BCUT2D eigenvalue weighted by atomic mass is 10.2. The molecule has 114 valence electrons. The molecule has 1 rings (SSSR count). The van der Waals surface area contributed by atoms with E-state index in [0.717, 1.165) is 32.6 Å². The number of hydrogen-bond donors (Lipinski definition) is 1. The molecular formula is C12H24ClF2N3O. The van der Waals surface area contributed by atoms with Gasteiger partial charge in [-0.25, -0.2) is 8.78 Å². The number of piperazine rings is 1. The second kappa shape index (κ2) is 10.3. The Labute approximate surface area is 119 Å². The van der Waals surface area contributed by atoms with Crippen molar-refractivity contribution < 1.29 is 13.6 Å². The monoisotopic (exact) mass is 299 g/mol. The predicted octanol–water partition coefficient (Wildman–Crippen LogP) is 1.21. The van der Waals surface area contributed by atoms with Crippen LogP contribution in [0.2, 0.25) is 0 Å². The highest BCUT2D eigenvalue weighted by Gasteiger charge is 2.18. The molecule has 19 heavy (non-hydrogen) atoms. The lowest BCUT2D eigenvalue weighted by Crippen LogP contribution is -2.47. The number of halogens is 3. The van der Waals surface area contributed by atoms with Crippen molar-refractivity contribution in [3.63, 3.8) is 0 Å². The first-order chi connectivity index (χ1) is 8.63. The van der Waals surface area contributed by atoms with Crippen LogP contribution in [0.25, 0.3) is 0 Å². The standard InChI is InChI=1S/C12H23F2N3O.ClH/c1-2-6-16(10-11(13)14)7-3-12(18)17-8-4-15-5-9-17;/h11,15H,2-10H2,1H3;1H. The van der Waals surface area contributed by atoms with E-state index < -0.39 is 6.43 Å². The quantitative estimate of drug-likeness (QED) is 0.767. The number of hydrogen-bond acceptors (Lipinski definition) is 3. The molecule has 0 bridgehead atoms. The Morgan fingerprint density at radius 2 is 1.95 bits per heavy atom. The maximum Gasteiger partial charge on any atom is 0.251 e. The largest absolute Gasteiger partial charge is 0.340 e. The van der Waals surface area contributed by atoms with Crippen LogP contribution in [0.4, 0.5) is 8.78 Å². The number of nitrogens with one attached hydrogen (secondary N) is 1. The third-order valence-electron chi connectivity index (χ3n) is 3.05. The van der Waals surface area contributed by atoms with E-state index in [4.69, 9.17) is 0 Å². The number of alkyl halides is 2. The molecule has 1 amide bonds. The maximum absolute atomic E-state index is 12.3. The van der Waals surface area contributed by atoms with Crippen LogP contribution in [0.15, 0.2) is 0 Å². The first-order valence-electron chi connectivity index (χ1n) is 6.62. The summed E-state index contributed by atoms with van der Waals surface area (Å²) in [5, 5.41) is 3.18. The van der Waals surface area contributed by atoms with E-state index in [2.05, 4.69) is 5.32 Å². The minimum absolute atomic E-state index is 0. The van der Waals surface area contributed by atoms with Crippen molar-refractivity contribution >= 4 is 18.3 Å². The Balaban J connectivity index is 0.00000324. The third kappa shape index (κ3) is 7.64. The minimum Gasteiger partial charge on any atom is -0.340 e. The first kappa shape index (κ1) is 18.5. The van der Waals surface area contributed by atoms with Crippen molar-refractivity contribution in [1.29, 1.82) is 0 Å². The molecule has 0 radical (unpaired) electrons. The number of amides is 1. The van der Waals surface area contributed by atoms with E-state index >= 15 is 0 Å². The van der Waals surface area contributed by atoms with Crippen molar-refractivity contribution in [1.82, 2.24) is 15.1 Å². The summed E-state index contributed by atoms with van der Waals surface area (Å²) in [6.45, 7) is 5.87. The fraction of sp³-hybridized carbons (Fsp3) is 0.917. The third-order valence-corrected chi connectivity index (χ3v) is 3.05. The van der Waals surface area contributed by atoms with Crippen molar-refractivity contribution in [3.05, 3.63) is 0 Å². The molecule has 0 aromatic heterocycles. The van der Waals surface area contributed by atoms with Gasteiger partial charge < -0.3 is 10.2 Å². The van der Waals surface area contributed by atoms with Crippen LogP contribution in [0.5, 0.6) is 0 Å². The lowest BCUT2D eigenvalue weighted by molar-refractivity contribution is -0.132. The van der Waals surface area contributed by atoms with Crippen LogP contribution in [0.3, 0.4) is 0 Å². The van der Waals surface area contributed by atoms with Crippen LogP contribution in [-0.2, 0) is 4.79 Å². The van der Waals surface area contributed by atoms with Gasteiger partial charge >= 0.3 is 0 Å². The van der Waals surface area contributed by atoms with Crippen molar-refractivity contribution in [2.45, 2.75) is 26.2 Å². The number of nitrogens with zero attached hydrogens (tertiary/aromatic N) is 2. The molecule has 0 unspecified atom stereocenters. The van der Waals surface area contributed by atoms with Crippen molar-refractivity contribution in [2.24, 2.45) is 0 Å². The van der Waals surface area contributed by atoms with E-state index in [-0.39, 0.29) is 24.9 Å². The lowest BCUT2D eigenvalue weighted by Gasteiger charge is -2.28. The Bertz CT molecular complexity index is 251. The first-order valence-corrected chi connectivity index (χ1v) is 6.62. The van der Waals surface area contributed by atoms with E-state index in [1.54, 1.807) is 4.90 Å². The fourth-order valence-electron chi connectivity index (χ4n) is 2.13. The SMILES string of the molecule is CCCN(CCC(=O)N1CCNCC1)CC(F)F.Cl. The zero-order chi connectivity index (χ0) is 13.4. The molecule has 0 aliphatic carbocycles. The summed E-state index contributed by atoms with van der Waals surface area (Å²) in [6.07, 6.45) is -1.16. The van der Waals surface area contributed by atoms with Crippen molar-refractivity contribution in [2.75, 3.05) is 45.8 Å². The normalized spacial score (nSPS) is 15.7. The highest BCUT2D eigenvalue weighted by atomic mass is 35.5. The minimum atomic E-state index is -2.33. The number of rotatable bonds is 7. The summed E-state index contributed by atoms with van der Waals surface area (Å²) in [6, 6.07) is 0. The van der Waals surface area contributed by atoms with Gasteiger partial charge in [0, 0.05) is 39.1 Å². The Morgan fingerprint density at radius 3 is 2.47 bits per heavy atom. The van der Waals surface area contributed by atoms with Crippen LogP contribution < -0.4 is 5.32 Å².